The molecule has 1 aliphatic carbocycles. The summed E-state index contributed by atoms with van der Waals surface area (Å²) >= 11 is 12.5. The number of halogens is 2. The van der Waals surface area contributed by atoms with E-state index in [0.717, 1.165) is 6.07 Å². The minimum Gasteiger partial charge on any atom is -0.744 e. The van der Waals surface area contributed by atoms with Crippen molar-refractivity contribution in [1.29, 1.82) is 0 Å². The minimum atomic E-state index is -4.93. The van der Waals surface area contributed by atoms with Gasteiger partial charge in [-0.15, -0.1) is 0 Å². The van der Waals surface area contributed by atoms with Crippen molar-refractivity contribution in [3.05, 3.63) is 87.4 Å². The summed E-state index contributed by atoms with van der Waals surface area (Å²) in [5, 5.41) is 41.1. The normalized spacial score (nSPS) is 26.0. The van der Waals surface area contributed by atoms with Gasteiger partial charge in [0, 0.05) is 11.6 Å². The van der Waals surface area contributed by atoms with E-state index in [4.69, 9.17) is 32.7 Å². The predicted octanol–water partition coefficient (Wildman–Crippen LogP) is -2.78. The Labute approximate surface area is 260 Å². The van der Waals surface area contributed by atoms with Crippen molar-refractivity contribution < 1.29 is 82.0 Å². The molecule has 4 N–H and O–H groups in total. The maximum Gasteiger partial charge on any atom is 1.00 e. The van der Waals surface area contributed by atoms with E-state index in [-0.39, 0.29) is 67.8 Å². The number of aliphatic carboxylic acids is 1. The molecule has 0 saturated carbocycles. The summed E-state index contributed by atoms with van der Waals surface area (Å²) in [4.78, 5) is 20.6. The number of carbonyl (C=O) groups is 1. The first-order chi connectivity index (χ1) is 18.3. The summed E-state index contributed by atoms with van der Waals surface area (Å²) in [6.07, 6.45) is -5.46. The molecule has 1 fully saturated rings. The van der Waals surface area contributed by atoms with Crippen LogP contribution in [0.15, 0.2) is 76.2 Å². The fourth-order valence-electron chi connectivity index (χ4n) is 4.05. The third kappa shape index (κ3) is 6.69. The number of ether oxygens (including phenoxy) is 2. The van der Waals surface area contributed by atoms with Gasteiger partial charge in [0.2, 0.25) is 6.29 Å². The Kier molecular flexibility index (Phi) is 10.4. The number of allylic oxidation sites excluding steroid dienone is 5. The number of rotatable bonds is 6. The summed E-state index contributed by atoms with van der Waals surface area (Å²) < 4.78 is 46.6. The molecule has 2 aliphatic rings. The Balaban J connectivity index is 0.00000441. The second-order valence-corrected chi connectivity index (χ2v) is 10.6. The summed E-state index contributed by atoms with van der Waals surface area (Å²) in [6, 6.07) is 9.46. The molecule has 5 atom stereocenters. The number of carboxylic acids is 1. The minimum absolute atomic E-state index is 0. The van der Waals surface area contributed by atoms with Crippen LogP contribution in [0, 0.1) is 0 Å². The molecule has 2 aromatic rings. The number of benzene rings is 2. The molecule has 0 spiro atoms. The molecule has 4 rings (SSSR count). The standard InChI is InChI=1S/C25H20Cl2O11S.Na/c26-14-9-11(5-7-16(14)28)19(13-3-1-2-4-18(13)39(34,35)36)12-6-8-17(15(27)10-12)37-25-22(31)20(29)21(30)23(38-25)24(32)33;/h1-10,20-23,25,29-31H,(H,32,33)(H,34,35,36);/q;+1/p-1/b19-11+;/t20-,21-,22+,23-,25?;/m0./s1. The van der Waals surface area contributed by atoms with E-state index < -0.39 is 51.7 Å². The zero-order valence-electron chi connectivity index (χ0n) is 20.5. The predicted molar refractivity (Wildman–Crippen MR) is 134 cm³/mol. The first-order valence-electron chi connectivity index (χ1n) is 11.1. The molecular formula is C25H19Cl2NaO11S. The van der Waals surface area contributed by atoms with Crippen LogP contribution in [0.1, 0.15) is 11.1 Å². The Morgan fingerprint density at radius 2 is 1.70 bits per heavy atom. The van der Waals surface area contributed by atoms with Gasteiger partial charge >= 0.3 is 35.3 Å². The van der Waals surface area contributed by atoms with E-state index in [9.17, 15) is 43.0 Å². The van der Waals surface area contributed by atoms with Crippen molar-refractivity contribution in [1.82, 2.24) is 0 Å². The van der Waals surface area contributed by atoms with Crippen LogP contribution < -0.4 is 39.4 Å². The van der Waals surface area contributed by atoms with Crippen molar-refractivity contribution in [2.75, 3.05) is 0 Å². The summed E-state index contributed by atoms with van der Waals surface area (Å²) in [5.41, 5.74) is 0.806. The number of aliphatic hydroxyl groups excluding tert-OH is 3. The Morgan fingerprint density at radius 1 is 1.02 bits per heavy atom. The summed E-state index contributed by atoms with van der Waals surface area (Å²) in [7, 11) is -4.93. The summed E-state index contributed by atoms with van der Waals surface area (Å²) in [5.74, 6) is -2.22. The van der Waals surface area contributed by atoms with E-state index in [1.54, 1.807) is 0 Å². The quantitative estimate of drug-likeness (QED) is 0.172. The number of hydrogen-bond acceptors (Lipinski definition) is 10. The van der Waals surface area contributed by atoms with Gasteiger partial charge in [-0.1, -0.05) is 47.5 Å². The molecule has 2 aromatic carbocycles. The van der Waals surface area contributed by atoms with Crippen molar-refractivity contribution in [2.45, 2.75) is 35.6 Å². The zero-order chi connectivity index (χ0) is 28.6. The third-order valence-electron chi connectivity index (χ3n) is 5.93. The molecule has 0 radical (unpaired) electrons. The van der Waals surface area contributed by atoms with Crippen molar-refractivity contribution >= 4 is 50.6 Å². The maximum absolute atomic E-state index is 12.0. The SMILES string of the molecule is O=C([O-])[C@H]1OC(Oc2ccc(/C(=C3/C=CC(=[OH+])C(Cl)=C3)c3ccccc3S(=O)(=O)[O-])cc2Cl)[C@H](O)[C@@H](O)[C@@H]1O.[Na+]. The number of hydrogen-bond donors (Lipinski definition) is 3. The monoisotopic (exact) mass is 620 g/mol. The van der Waals surface area contributed by atoms with E-state index >= 15 is 0 Å². The van der Waals surface area contributed by atoms with Gasteiger partial charge in [0.1, 0.15) is 45.3 Å². The second kappa shape index (κ2) is 12.8. The van der Waals surface area contributed by atoms with Crippen LogP contribution in [0.2, 0.25) is 5.02 Å². The maximum atomic E-state index is 12.0. The van der Waals surface area contributed by atoms with Crippen LogP contribution in [0.4, 0.5) is 0 Å². The molecular weight excluding hydrogens is 602 g/mol. The molecule has 15 heteroatoms. The first-order valence-corrected chi connectivity index (χ1v) is 13.2. The number of aliphatic hydroxyl groups is 3. The van der Waals surface area contributed by atoms with Crippen molar-refractivity contribution in [2.24, 2.45) is 0 Å². The molecule has 40 heavy (non-hydrogen) atoms. The van der Waals surface area contributed by atoms with Crippen LogP contribution >= 0.6 is 23.2 Å². The number of ketones is 1. The van der Waals surface area contributed by atoms with E-state index in [1.807, 2.05) is 0 Å². The zero-order valence-corrected chi connectivity index (χ0v) is 24.8. The van der Waals surface area contributed by atoms with Gasteiger partial charge in [0.05, 0.1) is 15.9 Å². The van der Waals surface area contributed by atoms with Crippen LogP contribution in [-0.4, -0.2) is 75.5 Å². The molecule has 1 unspecified atom stereocenters. The van der Waals surface area contributed by atoms with Crippen LogP contribution in [-0.2, 0) is 19.6 Å². The Bertz CT molecular complexity index is 1540. The number of carbonyl (C=O) groups excluding carboxylic acids is 2. The van der Waals surface area contributed by atoms with Gasteiger partial charge < -0.3 is 39.2 Å². The fraction of sp³-hybridized carbons (Fsp3) is 0.200. The first kappa shape index (κ1) is 32.4. The molecule has 1 saturated heterocycles. The average molecular weight is 621 g/mol. The Morgan fingerprint density at radius 3 is 2.30 bits per heavy atom. The second-order valence-electron chi connectivity index (χ2n) is 8.47. The van der Waals surface area contributed by atoms with Gasteiger partial charge in [-0.2, -0.15) is 0 Å². The molecule has 0 amide bonds. The van der Waals surface area contributed by atoms with E-state index in [2.05, 4.69) is 0 Å². The van der Waals surface area contributed by atoms with Gasteiger partial charge in [-0.3, -0.25) is 4.79 Å². The van der Waals surface area contributed by atoms with E-state index in [0.29, 0.717) is 5.57 Å². The molecule has 0 bridgehead atoms. The average Bonchev–Trinajstić information content (AvgIpc) is 2.87. The third-order valence-corrected chi connectivity index (χ3v) is 7.42. The number of carboxylic acid groups (broad SMARTS) is 1. The molecule has 11 nitrogen and oxygen atoms in total. The van der Waals surface area contributed by atoms with Crippen molar-refractivity contribution in [3.8, 4) is 5.75 Å². The smallest absolute Gasteiger partial charge is 0.744 e. The van der Waals surface area contributed by atoms with Gasteiger partial charge in [0.25, 0.3) is 0 Å². The fourth-order valence-corrected chi connectivity index (χ4v) is 5.14. The van der Waals surface area contributed by atoms with Crippen LogP contribution in [0.3, 0.4) is 0 Å². The van der Waals surface area contributed by atoms with Crippen molar-refractivity contribution in [3.63, 3.8) is 0 Å². The van der Waals surface area contributed by atoms with E-state index in [1.165, 1.54) is 54.6 Å². The summed E-state index contributed by atoms with van der Waals surface area (Å²) in [6.45, 7) is 0. The largest absolute Gasteiger partial charge is 1.00 e. The molecule has 1 heterocycles. The van der Waals surface area contributed by atoms with Crippen LogP contribution in [0.25, 0.3) is 5.57 Å². The molecule has 206 valence electrons. The van der Waals surface area contributed by atoms with Gasteiger partial charge in [-0.25, -0.2) is 8.42 Å². The van der Waals surface area contributed by atoms with Gasteiger partial charge in [-0.05, 0) is 47.1 Å². The molecule has 0 aromatic heterocycles. The van der Waals surface area contributed by atoms with Crippen LogP contribution in [0.5, 0.6) is 5.75 Å². The topological polar surface area (TPSA) is 198 Å². The Hall–Kier alpha value is -2.07. The molecule has 1 aliphatic heterocycles. The van der Waals surface area contributed by atoms with Gasteiger partial charge in [0.15, 0.2) is 0 Å².